The van der Waals surface area contributed by atoms with Crippen molar-refractivity contribution in [3.05, 3.63) is 66.4 Å². The third-order valence-electron chi connectivity index (χ3n) is 3.75. The molecule has 4 rings (SSSR count). The van der Waals surface area contributed by atoms with E-state index in [1.165, 1.54) is 18.3 Å². The van der Waals surface area contributed by atoms with Gasteiger partial charge in [-0.15, -0.1) is 0 Å². The first-order chi connectivity index (χ1) is 13.2. The van der Waals surface area contributed by atoms with E-state index in [-0.39, 0.29) is 5.56 Å². The quantitative estimate of drug-likeness (QED) is 0.469. The molecule has 2 heterocycles. The zero-order valence-electron chi connectivity index (χ0n) is 17.7. The van der Waals surface area contributed by atoms with Crippen LogP contribution in [0.4, 0.5) is 0 Å². The number of furan rings is 1. The molecule has 0 aliphatic rings. The van der Waals surface area contributed by atoms with Gasteiger partial charge in [-0.2, -0.15) is 0 Å². The summed E-state index contributed by atoms with van der Waals surface area (Å²) in [6.07, 6.45) is 1.41. The van der Waals surface area contributed by atoms with E-state index in [2.05, 4.69) is 4.98 Å². The Hall–Kier alpha value is -2.61. The van der Waals surface area contributed by atoms with Crippen molar-refractivity contribution in [1.29, 1.82) is 0 Å². The topological polar surface area (TPSA) is 26.0 Å². The normalized spacial score (nSPS) is 19.0. The SMILES string of the molecule is [2H]C([2H])C([2H])(c1ccnc(-c2cccc3c2oc2ccccc23)c1)C([2H])([2H])[2H]. The highest BCUT2D eigenvalue weighted by Gasteiger charge is 2.13. The summed E-state index contributed by atoms with van der Waals surface area (Å²) in [5.41, 5.74) is 2.50. The molecule has 2 aromatic heterocycles. The van der Waals surface area contributed by atoms with Gasteiger partial charge in [0.2, 0.25) is 0 Å². The van der Waals surface area contributed by atoms with E-state index in [4.69, 9.17) is 12.6 Å². The predicted octanol–water partition coefficient (Wildman–Crippen LogP) is 5.77. The van der Waals surface area contributed by atoms with Crippen molar-refractivity contribution in [2.24, 2.45) is 0 Å². The van der Waals surface area contributed by atoms with Crippen LogP contribution in [0.3, 0.4) is 0 Å². The predicted molar refractivity (Wildman–Crippen MR) is 91.0 cm³/mol. The fourth-order valence-corrected chi connectivity index (χ4v) is 2.69. The third-order valence-corrected chi connectivity index (χ3v) is 3.75. The second kappa shape index (κ2) is 4.99. The van der Waals surface area contributed by atoms with E-state index in [1.807, 2.05) is 42.5 Å². The summed E-state index contributed by atoms with van der Waals surface area (Å²) in [5.74, 6) is -2.38. The molecule has 22 heavy (non-hydrogen) atoms. The molecule has 0 amide bonds. The first kappa shape index (κ1) is 8.14. The number of hydrogen-bond donors (Lipinski definition) is 0. The number of para-hydroxylation sites is 2. The maximum Gasteiger partial charge on any atom is 0.144 e. The van der Waals surface area contributed by atoms with Crippen molar-refractivity contribution >= 4 is 21.9 Å². The molecule has 0 aliphatic carbocycles. The van der Waals surface area contributed by atoms with E-state index < -0.39 is 19.6 Å². The number of fused-ring (bicyclic) bond motifs is 3. The molecular formula is C20H17NO. The number of rotatable bonds is 2. The highest BCUT2D eigenvalue weighted by atomic mass is 16.3. The van der Waals surface area contributed by atoms with E-state index in [9.17, 15) is 0 Å². The Balaban J connectivity index is 1.94. The van der Waals surface area contributed by atoms with Crippen LogP contribution < -0.4 is 0 Å². The Morgan fingerprint density at radius 2 is 2.00 bits per heavy atom. The third kappa shape index (κ3) is 2.00. The van der Waals surface area contributed by atoms with Crippen molar-refractivity contribution < 1.29 is 12.6 Å². The molecule has 4 aromatic rings. The van der Waals surface area contributed by atoms with Crippen LogP contribution in [0.1, 0.15) is 33.4 Å². The monoisotopic (exact) mass is 293 g/mol. The highest BCUT2D eigenvalue weighted by Crippen LogP contribution is 2.35. The fourth-order valence-electron chi connectivity index (χ4n) is 2.69. The van der Waals surface area contributed by atoms with Gasteiger partial charge in [-0.1, -0.05) is 44.1 Å². The van der Waals surface area contributed by atoms with Gasteiger partial charge in [0.25, 0.3) is 0 Å². The molecule has 0 aliphatic heterocycles. The summed E-state index contributed by atoms with van der Waals surface area (Å²) in [6.45, 7) is -4.72. The number of aromatic nitrogens is 1. The van der Waals surface area contributed by atoms with Crippen LogP contribution in [0.2, 0.25) is 0 Å². The van der Waals surface area contributed by atoms with Crippen molar-refractivity contribution in [2.75, 3.05) is 0 Å². The van der Waals surface area contributed by atoms with Crippen LogP contribution in [-0.2, 0) is 0 Å². The summed E-state index contributed by atoms with van der Waals surface area (Å²) in [5, 5.41) is 1.87. The van der Waals surface area contributed by atoms with Gasteiger partial charge < -0.3 is 4.42 Å². The molecular weight excluding hydrogens is 270 g/mol. The Morgan fingerprint density at radius 3 is 2.91 bits per heavy atom. The first-order valence-corrected chi connectivity index (χ1v) is 6.95. The summed E-state index contributed by atoms with van der Waals surface area (Å²) in [4.78, 5) is 4.34. The van der Waals surface area contributed by atoms with Gasteiger partial charge in [0.15, 0.2) is 0 Å². The van der Waals surface area contributed by atoms with Crippen molar-refractivity contribution in [2.45, 2.75) is 19.6 Å². The summed E-state index contributed by atoms with van der Waals surface area (Å²) >= 11 is 0. The van der Waals surface area contributed by atoms with E-state index in [1.54, 1.807) is 0 Å². The second-order valence-electron chi connectivity index (χ2n) is 5.12. The largest absolute Gasteiger partial charge is 0.455 e. The van der Waals surface area contributed by atoms with E-state index in [0.717, 1.165) is 16.4 Å². The van der Waals surface area contributed by atoms with Crippen molar-refractivity contribution in [1.82, 2.24) is 4.98 Å². The molecule has 1 atom stereocenters. The lowest BCUT2D eigenvalue weighted by Gasteiger charge is -2.07. The maximum atomic E-state index is 8.39. The number of nitrogens with zero attached hydrogens (tertiary/aromatic N) is 1. The summed E-state index contributed by atoms with van der Waals surface area (Å²) in [6, 6.07) is 16.1. The van der Waals surface area contributed by atoms with E-state index in [0.29, 0.717) is 16.8 Å². The highest BCUT2D eigenvalue weighted by molar-refractivity contribution is 6.09. The van der Waals surface area contributed by atoms with Gasteiger partial charge in [0, 0.05) is 30.8 Å². The fraction of sp³-hybridized carbons (Fsp3) is 0.150. The van der Waals surface area contributed by atoms with Gasteiger partial charge in [-0.05, 0) is 35.7 Å². The molecule has 2 aromatic carbocycles. The summed E-state index contributed by atoms with van der Waals surface area (Å²) in [7, 11) is 0. The Bertz CT molecular complexity index is 1170. The average Bonchev–Trinajstić information content (AvgIpc) is 3.05. The van der Waals surface area contributed by atoms with Gasteiger partial charge in [0.05, 0.1) is 5.69 Å². The number of pyridine rings is 1. The molecule has 0 bridgehead atoms. The minimum Gasteiger partial charge on any atom is -0.455 e. The molecule has 108 valence electrons. The Kier molecular flexibility index (Phi) is 1.84. The maximum absolute atomic E-state index is 8.39. The Morgan fingerprint density at radius 1 is 1.09 bits per heavy atom. The lowest BCUT2D eigenvalue weighted by Crippen LogP contribution is -1.90. The van der Waals surface area contributed by atoms with Crippen molar-refractivity contribution in [3.63, 3.8) is 0 Å². The molecule has 0 spiro atoms. The molecule has 0 radical (unpaired) electrons. The van der Waals surface area contributed by atoms with Crippen molar-refractivity contribution in [3.8, 4) is 11.3 Å². The molecule has 0 fully saturated rings. The lowest BCUT2D eigenvalue weighted by atomic mass is 10.0. The van der Waals surface area contributed by atoms with Crippen LogP contribution in [0.5, 0.6) is 0 Å². The molecule has 0 N–H and O–H groups in total. The minimum atomic E-state index is -2.83. The van der Waals surface area contributed by atoms with Crippen LogP contribution in [0.25, 0.3) is 33.2 Å². The molecule has 1 unspecified atom stereocenters. The molecule has 0 saturated carbocycles. The van der Waals surface area contributed by atoms with E-state index >= 15 is 0 Å². The first-order valence-electron chi connectivity index (χ1n) is 10.1. The zero-order valence-corrected chi connectivity index (χ0v) is 11.7. The number of benzene rings is 2. The molecule has 0 saturated heterocycles. The second-order valence-corrected chi connectivity index (χ2v) is 5.12. The molecule has 2 heteroatoms. The average molecular weight is 293 g/mol. The van der Waals surface area contributed by atoms with Crippen LogP contribution in [-0.4, -0.2) is 4.98 Å². The summed E-state index contributed by atoms with van der Waals surface area (Å²) < 4.78 is 52.9. The molecule has 2 nitrogen and oxygen atoms in total. The smallest absolute Gasteiger partial charge is 0.144 e. The Labute approximate surface area is 137 Å². The lowest BCUT2D eigenvalue weighted by molar-refractivity contribution is 0.670. The van der Waals surface area contributed by atoms with Crippen LogP contribution in [0.15, 0.2) is 65.2 Å². The van der Waals surface area contributed by atoms with Gasteiger partial charge >= 0.3 is 0 Å². The van der Waals surface area contributed by atoms with Gasteiger partial charge in [-0.3, -0.25) is 4.98 Å². The standard InChI is InChI=1S/C20H17NO/c1-13(2)14-10-11-21-18(12-14)17-8-5-7-16-15-6-3-4-9-19(15)22-20(16)17/h3-13H,1-2H3/i1D2,2D3,13D. The van der Waals surface area contributed by atoms with Gasteiger partial charge in [0.1, 0.15) is 11.2 Å². The van der Waals surface area contributed by atoms with Crippen LogP contribution >= 0.6 is 0 Å². The number of hydrogen-bond acceptors (Lipinski definition) is 2. The van der Waals surface area contributed by atoms with Crippen LogP contribution in [0, 0.1) is 0 Å². The zero-order chi connectivity index (χ0) is 20.1. The van der Waals surface area contributed by atoms with Gasteiger partial charge in [-0.25, -0.2) is 0 Å². The minimum absolute atomic E-state index is 0.0561.